The predicted octanol–water partition coefficient (Wildman–Crippen LogP) is 3.16. The lowest BCUT2D eigenvalue weighted by atomic mass is 10.0. The minimum absolute atomic E-state index is 0.0126. The quantitative estimate of drug-likeness (QED) is 0.523. The van der Waals surface area contributed by atoms with Crippen LogP contribution in [0.1, 0.15) is 34.1 Å². The highest BCUT2D eigenvalue weighted by molar-refractivity contribution is 5.96. The van der Waals surface area contributed by atoms with Crippen LogP contribution in [-0.2, 0) is 9.53 Å². The Morgan fingerprint density at radius 1 is 1.53 bits per heavy atom. The minimum atomic E-state index is -0.154. The van der Waals surface area contributed by atoms with Gasteiger partial charge in [0, 0.05) is 12.0 Å². The molecule has 0 atom stereocenters. The second kappa shape index (κ2) is 4.05. The summed E-state index contributed by atoms with van der Waals surface area (Å²) in [5, 5.41) is 0. The number of carbonyl (C=O) groups excluding carboxylic acids is 1. The minimum Gasteiger partial charge on any atom is -0.488 e. The van der Waals surface area contributed by atoms with Crippen molar-refractivity contribution in [2.45, 2.75) is 39.7 Å². The summed E-state index contributed by atoms with van der Waals surface area (Å²) in [7, 11) is 0. The highest BCUT2D eigenvalue weighted by atomic mass is 16.5. The van der Waals surface area contributed by atoms with E-state index >= 15 is 0 Å². The van der Waals surface area contributed by atoms with Gasteiger partial charge in [-0.15, -0.1) is 0 Å². The summed E-state index contributed by atoms with van der Waals surface area (Å²) in [4.78, 5) is 11.2. The molecule has 2 heteroatoms. The Morgan fingerprint density at radius 2 is 2.13 bits per heavy atom. The molecule has 0 aromatic carbocycles. The van der Waals surface area contributed by atoms with E-state index < -0.39 is 0 Å². The lowest BCUT2D eigenvalue weighted by molar-refractivity contribution is -0.113. The Morgan fingerprint density at radius 3 is 2.47 bits per heavy atom. The van der Waals surface area contributed by atoms with E-state index in [-0.39, 0.29) is 11.4 Å². The smallest absolute Gasteiger partial charge is 0.159 e. The highest BCUT2D eigenvalue weighted by Crippen LogP contribution is 2.34. The van der Waals surface area contributed by atoms with Crippen LogP contribution in [0.15, 0.2) is 35.6 Å². The van der Waals surface area contributed by atoms with Crippen LogP contribution in [0, 0.1) is 0 Å². The molecule has 1 aliphatic rings. The second-order valence-electron chi connectivity index (χ2n) is 4.54. The van der Waals surface area contributed by atoms with E-state index in [0.717, 1.165) is 12.2 Å². The van der Waals surface area contributed by atoms with Gasteiger partial charge in [0.05, 0.1) is 0 Å². The molecule has 0 amide bonds. The monoisotopic (exact) mass is 206 g/mol. The van der Waals surface area contributed by atoms with Gasteiger partial charge < -0.3 is 4.74 Å². The first kappa shape index (κ1) is 11.8. The summed E-state index contributed by atoms with van der Waals surface area (Å²) in [5.41, 5.74) is 1.63. The molecule has 0 unspecified atom stereocenters. The third-order valence-corrected chi connectivity index (χ3v) is 2.41. The van der Waals surface area contributed by atoms with Gasteiger partial charge in [-0.25, -0.2) is 0 Å². The van der Waals surface area contributed by atoms with Crippen LogP contribution in [0.25, 0.3) is 0 Å². The van der Waals surface area contributed by atoms with Crippen molar-refractivity contribution in [3.63, 3.8) is 0 Å². The molecule has 2 nitrogen and oxygen atoms in total. The summed E-state index contributed by atoms with van der Waals surface area (Å²) in [6, 6.07) is 0. The summed E-state index contributed by atoms with van der Waals surface area (Å²) < 4.78 is 5.75. The zero-order chi connectivity index (χ0) is 11.6. The molecule has 0 radical (unpaired) electrons. The average Bonchev–Trinajstić information content (AvgIpc) is 2.34. The van der Waals surface area contributed by atoms with E-state index in [9.17, 15) is 4.79 Å². The topological polar surface area (TPSA) is 26.3 Å². The molecule has 1 rings (SSSR count). The predicted molar refractivity (Wildman–Crippen MR) is 61.4 cm³/mol. The van der Waals surface area contributed by atoms with Crippen molar-refractivity contribution in [3.05, 3.63) is 35.6 Å². The number of ketones is 1. The Balaban J connectivity index is 2.96. The van der Waals surface area contributed by atoms with Crippen LogP contribution in [0.4, 0.5) is 0 Å². The summed E-state index contributed by atoms with van der Waals surface area (Å²) >= 11 is 0. The maximum atomic E-state index is 11.2. The molecule has 1 heterocycles. The van der Waals surface area contributed by atoms with Crippen molar-refractivity contribution < 1.29 is 9.53 Å². The van der Waals surface area contributed by atoms with Crippen molar-refractivity contribution in [2.75, 3.05) is 0 Å². The number of hydrogen-bond acceptors (Lipinski definition) is 2. The first-order valence-corrected chi connectivity index (χ1v) is 5.09. The van der Waals surface area contributed by atoms with Crippen molar-refractivity contribution in [2.24, 2.45) is 0 Å². The van der Waals surface area contributed by atoms with E-state index in [1.54, 1.807) is 12.2 Å². The van der Waals surface area contributed by atoms with Crippen LogP contribution >= 0.6 is 0 Å². The van der Waals surface area contributed by atoms with Gasteiger partial charge in [-0.1, -0.05) is 12.7 Å². The number of rotatable bonds is 3. The maximum Gasteiger partial charge on any atom is 0.159 e. The average molecular weight is 206 g/mol. The van der Waals surface area contributed by atoms with E-state index in [4.69, 9.17) is 4.74 Å². The Bertz CT molecular complexity index is 357. The molecular weight excluding hydrogens is 188 g/mol. The van der Waals surface area contributed by atoms with E-state index in [2.05, 4.69) is 6.58 Å². The molecule has 0 aliphatic carbocycles. The van der Waals surface area contributed by atoms with Crippen LogP contribution in [0.3, 0.4) is 0 Å². The molecule has 0 fully saturated rings. The molecule has 0 spiro atoms. The molecule has 1 aliphatic heterocycles. The van der Waals surface area contributed by atoms with Gasteiger partial charge in [-0.2, -0.15) is 0 Å². The van der Waals surface area contributed by atoms with Gasteiger partial charge in [0.15, 0.2) is 5.78 Å². The lowest BCUT2D eigenvalue weighted by Crippen LogP contribution is -2.17. The Labute approximate surface area is 91.3 Å². The fraction of sp³-hybridized carbons (Fsp3) is 0.462. The fourth-order valence-electron chi connectivity index (χ4n) is 1.74. The van der Waals surface area contributed by atoms with Crippen molar-refractivity contribution in [1.29, 1.82) is 0 Å². The molecular formula is C13H18O2. The number of carbonyl (C=O) groups is 1. The van der Waals surface area contributed by atoms with E-state index in [1.807, 2.05) is 20.8 Å². The van der Waals surface area contributed by atoms with E-state index in [0.29, 0.717) is 5.57 Å². The molecule has 0 bridgehead atoms. The van der Waals surface area contributed by atoms with Gasteiger partial charge in [-0.3, -0.25) is 4.79 Å². The summed E-state index contributed by atoms with van der Waals surface area (Å²) in [6.45, 7) is 11.3. The third kappa shape index (κ3) is 2.82. The largest absolute Gasteiger partial charge is 0.488 e. The number of Topliss-reactive ketones (excluding diaryl/α,β-unsaturated/α-hetero) is 1. The fourth-order valence-corrected chi connectivity index (χ4v) is 1.74. The number of allylic oxidation sites excluding steroid dienone is 3. The lowest BCUT2D eigenvalue weighted by Gasteiger charge is -2.18. The van der Waals surface area contributed by atoms with Gasteiger partial charge in [-0.05, 0) is 39.3 Å². The maximum absolute atomic E-state index is 11.2. The first-order chi connectivity index (χ1) is 6.85. The highest BCUT2D eigenvalue weighted by Gasteiger charge is 2.29. The molecule has 0 N–H and O–H groups in total. The van der Waals surface area contributed by atoms with Crippen LogP contribution in [0.2, 0.25) is 0 Å². The van der Waals surface area contributed by atoms with Gasteiger partial charge >= 0.3 is 0 Å². The van der Waals surface area contributed by atoms with Crippen molar-refractivity contribution in [1.82, 2.24) is 0 Å². The van der Waals surface area contributed by atoms with Gasteiger partial charge in [0.2, 0.25) is 0 Å². The molecule has 15 heavy (non-hydrogen) atoms. The Kier molecular flexibility index (Phi) is 3.18. The number of hydrogen-bond donors (Lipinski definition) is 0. The van der Waals surface area contributed by atoms with Crippen molar-refractivity contribution >= 4 is 5.78 Å². The third-order valence-electron chi connectivity index (χ3n) is 2.41. The first-order valence-electron chi connectivity index (χ1n) is 5.09. The normalized spacial score (nSPS) is 20.1. The Hall–Kier alpha value is -1.31. The molecule has 0 saturated heterocycles. The van der Waals surface area contributed by atoms with Gasteiger partial charge in [0.1, 0.15) is 11.4 Å². The van der Waals surface area contributed by atoms with Gasteiger partial charge in [0.25, 0.3) is 0 Å². The molecule has 82 valence electrons. The zero-order valence-corrected chi connectivity index (χ0v) is 9.89. The second-order valence-corrected chi connectivity index (χ2v) is 4.54. The zero-order valence-electron chi connectivity index (χ0n) is 9.89. The SMILES string of the molecule is C=C/C(=C\C1=C(C)CC(C)(C)O1)C(C)=O. The summed E-state index contributed by atoms with van der Waals surface area (Å²) in [5.74, 6) is 0.823. The van der Waals surface area contributed by atoms with Crippen molar-refractivity contribution in [3.8, 4) is 0 Å². The number of ether oxygens (including phenoxy) is 1. The van der Waals surface area contributed by atoms with E-state index in [1.165, 1.54) is 12.5 Å². The standard InChI is InChI=1S/C13H18O2/c1-6-11(10(3)14)7-12-9(2)8-13(4,5)15-12/h6-7H,1,8H2,2-5H3/b11-7+. The molecule has 0 saturated carbocycles. The summed E-state index contributed by atoms with van der Waals surface area (Å²) in [6.07, 6.45) is 4.25. The molecule has 0 aromatic heterocycles. The van der Waals surface area contributed by atoms with Crippen LogP contribution < -0.4 is 0 Å². The van der Waals surface area contributed by atoms with Crippen LogP contribution in [-0.4, -0.2) is 11.4 Å². The molecule has 0 aromatic rings. The van der Waals surface area contributed by atoms with Crippen LogP contribution in [0.5, 0.6) is 0 Å².